The molecule has 154 valence electrons. The van der Waals surface area contributed by atoms with Crippen LogP contribution in [0.4, 0.5) is 13.2 Å². The Morgan fingerprint density at radius 1 is 1.04 bits per heavy atom. The first-order valence-corrected chi connectivity index (χ1v) is 8.44. The van der Waals surface area contributed by atoms with Crippen molar-refractivity contribution in [2.75, 3.05) is 7.11 Å². The van der Waals surface area contributed by atoms with Gasteiger partial charge in [-0.05, 0) is 30.4 Å². The van der Waals surface area contributed by atoms with Crippen molar-refractivity contribution >= 4 is 0 Å². The molecule has 2 atom stereocenters. The molecular weight excluding hydrogens is 365 g/mol. The van der Waals surface area contributed by atoms with E-state index in [4.69, 9.17) is 9.84 Å². The smallest absolute Gasteiger partial charge is 0.200 e. The van der Waals surface area contributed by atoms with Crippen molar-refractivity contribution in [1.29, 1.82) is 0 Å². The Morgan fingerprint density at radius 2 is 1.57 bits per heavy atom. The lowest BCUT2D eigenvalue weighted by atomic mass is 9.92. The molecule has 2 unspecified atom stereocenters. The third kappa shape index (κ3) is 10.3. The Morgan fingerprint density at radius 3 is 2.04 bits per heavy atom. The highest BCUT2D eigenvalue weighted by Gasteiger charge is 2.12. The van der Waals surface area contributed by atoms with Gasteiger partial charge in [-0.1, -0.05) is 52.0 Å². The molecule has 0 aromatic rings. The first-order valence-electron chi connectivity index (χ1n) is 8.44. The summed E-state index contributed by atoms with van der Waals surface area (Å²) in [6.45, 7) is 23.2. The van der Waals surface area contributed by atoms with Gasteiger partial charge >= 0.3 is 0 Å². The minimum atomic E-state index is -1.48. The highest BCUT2D eigenvalue weighted by molar-refractivity contribution is 5.44. The van der Waals surface area contributed by atoms with Crippen LogP contribution in [0, 0.1) is 23.7 Å². The first-order chi connectivity index (χ1) is 13.0. The Balaban J connectivity index is 0. The molecule has 0 bridgehead atoms. The van der Waals surface area contributed by atoms with Gasteiger partial charge in [0.2, 0.25) is 5.83 Å². The van der Waals surface area contributed by atoms with E-state index in [1.807, 2.05) is 13.8 Å². The van der Waals surface area contributed by atoms with Gasteiger partial charge in [-0.15, -0.1) is 13.2 Å². The molecule has 0 aromatic heterocycles. The zero-order chi connectivity index (χ0) is 22.4. The zero-order valence-electron chi connectivity index (χ0n) is 16.9. The van der Waals surface area contributed by atoms with Crippen LogP contribution in [0.2, 0.25) is 0 Å². The van der Waals surface area contributed by atoms with E-state index in [0.717, 1.165) is 0 Å². The van der Waals surface area contributed by atoms with Gasteiger partial charge < -0.3 is 9.84 Å². The Labute approximate surface area is 166 Å². The summed E-state index contributed by atoms with van der Waals surface area (Å²) in [5, 5.41) is 8.82. The van der Waals surface area contributed by atoms with Crippen LogP contribution in [0.25, 0.3) is 0 Å². The summed E-state index contributed by atoms with van der Waals surface area (Å²) in [7, 11) is 1.33. The number of allylic oxidation sites excluding steroid dienone is 6. The molecular formula is C23H29F3O2. The zero-order valence-corrected chi connectivity index (χ0v) is 16.9. The SMILES string of the molecule is C=C.C=C(O)/C(F)=C(/F)C(=C)C#CC(C)CCC(C)C(=C)/C=C(/F)C(=C)OC. The van der Waals surface area contributed by atoms with Crippen molar-refractivity contribution in [3.8, 4) is 11.8 Å². The van der Waals surface area contributed by atoms with Crippen molar-refractivity contribution < 1.29 is 23.0 Å². The van der Waals surface area contributed by atoms with E-state index >= 15 is 0 Å². The highest BCUT2D eigenvalue weighted by Crippen LogP contribution is 2.23. The highest BCUT2D eigenvalue weighted by atomic mass is 19.2. The monoisotopic (exact) mass is 394 g/mol. The second-order valence-corrected chi connectivity index (χ2v) is 5.90. The average Bonchev–Trinajstić information content (AvgIpc) is 2.69. The van der Waals surface area contributed by atoms with E-state index in [1.165, 1.54) is 13.2 Å². The van der Waals surface area contributed by atoms with Crippen molar-refractivity contribution in [3.63, 3.8) is 0 Å². The lowest BCUT2D eigenvalue weighted by molar-refractivity contribution is 0.285. The van der Waals surface area contributed by atoms with Crippen LogP contribution in [0.1, 0.15) is 26.7 Å². The molecule has 0 spiro atoms. The molecule has 0 aliphatic heterocycles. The summed E-state index contributed by atoms with van der Waals surface area (Å²) in [5.74, 6) is 0.590. The molecule has 0 aliphatic carbocycles. The number of rotatable bonds is 9. The quantitative estimate of drug-likeness (QED) is 0.194. The summed E-state index contributed by atoms with van der Waals surface area (Å²) in [6.07, 6.45) is 2.59. The van der Waals surface area contributed by atoms with Crippen LogP contribution in [0.3, 0.4) is 0 Å². The third-order valence-corrected chi connectivity index (χ3v) is 3.67. The summed E-state index contributed by atoms with van der Waals surface area (Å²) in [5.41, 5.74) is 0.216. The maximum Gasteiger partial charge on any atom is 0.200 e. The molecule has 0 aliphatic rings. The maximum atomic E-state index is 13.7. The average molecular weight is 394 g/mol. The Kier molecular flexibility index (Phi) is 13.9. The van der Waals surface area contributed by atoms with Crippen LogP contribution in [0.5, 0.6) is 0 Å². The number of aliphatic hydroxyl groups is 1. The van der Waals surface area contributed by atoms with E-state index in [1.54, 1.807) is 0 Å². The number of halogens is 3. The van der Waals surface area contributed by atoms with Gasteiger partial charge in [0.15, 0.2) is 11.7 Å². The van der Waals surface area contributed by atoms with Gasteiger partial charge in [0.1, 0.15) is 11.5 Å². The van der Waals surface area contributed by atoms with E-state index in [0.29, 0.717) is 18.4 Å². The molecule has 0 heterocycles. The molecule has 2 nitrogen and oxygen atoms in total. The summed E-state index contributed by atoms with van der Waals surface area (Å²) in [6, 6.07) is 0. The normalized spacial score (nSPS) is 13.4. The van der Waals surface area contributed by atoms with E-state index < -0.39 is 23.2 Å². The molecule has 0 fully saturated rings. The molecule has 1 N–H and O–H groups in total. The predicted octanol–water partition coefficient (Wildman–Crippen LogP) is 7.19. The lowest BCUT2D eigenvalue weighted by Crippen LogP contribution is -2.01. The van der Waals surface area contributed by atoms with E-state index in [9.17, 15) is 13.2 Å². The lowest BCUT2D eigenvalue weighted by Gasteiger charge is -2.13. The van der Waals surface area contributed by atoms with Crippen LogP contribution in [-0.4, -0.2) is 12.2 Å². The largest absolute Gasteiger partial charge is 0.505 e. The molecule has 0 saturated carbocycles. The van der Waals surface area contributed by atoms with Gasteiger partial charge in [0.25, 0.3) is 0 Å². The van der Waals surface area contributed by atoms with Crippen molar-refractivity contribution in [2.45, 2.75) is 26.7 Å². The topological polar surface area (TPSA) is 29.5 Å². The third-order valence-electron chi connectivity index (χ3n) is 3.67. The second kappa shape index (κ2) is 14.2. The fraction of sp³-hybridized carbons (Fsp3) is 0.304. The van der Waals surface area contributed by atoms with Gasteiger partial charge in [-0.25, -0.2) is 8.78 Å². The minimum absolute atomic E-state index is 0.00959. The van der Waals surface area contributed by atoms with Gasteiger partial charge in [-0.3, -0.25) is 0 Å². The van der Waals surface area contributed by atoms with Crippen LogP contribution in [-0.2, 0) is 4.74 Å². The fourth-order valence-electron chi connectivity index (χ4n) is 1.76. The summed E-state index contributed by atoms with van der Waals surface area (Å²) in [4.78, 5) is 0. The number of ether oxygens (including phenoxy) is 1. The fourth-order valence-corrected chi connectivity index (χ4v) is 1.76. The molecule has 0 aromatic carbocycles. The minimum Gasteiger partial charge on any atom is -0.505 e. The summed E-state index contributed by atoms with van der Waals surface area (Å²) >= 11 is 0. The molecule has 0 amide bonds. The Hall–Kier alpha value is -2.87. The molecule has 0 radical (unpaired) electrons. The predicted molar refractivity (Wildman–Crippen MR) is 111 cm³/mol. The van der Waals surface area contributed by atoms with Crippen LogP contribution < -0.4 is 0 Å². The number of aliphatic hydroxyl groups excluding tert-OH is 1. The molecule has 0 saturated heterocycles. The number of hydrogen-bond acceptors (Lipinski definition) is 2. The van der Waals surface area contributed by atoms with Crippen molar-refractivity contribution in [3.05, 3.63) is 85.7 Å². The second-order valence-electron chi connectivity index (χ2n) is 5.90. The molecule has 0 rings (SSSR count). The number of methoxy groups -OCH3 is 1. The first kappa shape index (κ1) is 27.3. The number of hydrogen-bond donors (Lipinski definition) is 1. The van der Waals surface area contributed by atoms with E-state index in [-0.39, 0.29) is 23.2 Å². The summed E-state index contributed by atoms with van der Waals surface area (Å²) < 4.78 is 45.1. The Bertz CT molecular complexity index is 718. The van der Waals surface area contributed by atoms with Gasteiger partial charge in [0.05, 0.1) is 12.7 Å². The van der Waals surface area contributed by atoms with Gasteiger partial charge in [-0.2, -0.15) is 4.39 Å². The molecule has 28 heavy (non-hydrogen) atoms. The van der Waals surface area contributed by atoms with Crippen LogP contribution in [0.15, 0.2) is 85.7 Å². The molecule has 5 heteroatoms. The van der Waals surface area contributed by atoms with E-state index in [2.05, 4.69) is 51.3 Å². The van der Waals surface area contributed by atoms with Crippen LogP contribution >= 0.6 is 0 Å². The van der Waals surface area contributed by atoms with Crippen molar-refractivity contribution in [2.24, 2.45) is 11.8 Å². The van der Waals surface area contributed by atoms with Crippen molar-refractivity contribution in [1.82, 2.24) is 0 Å². The van der Waals surface area contributed by atoms with Gasteiger partial charge in [0, 0.05) is 5.92 Å². The standard InChI is InChI=1S/C21H25F3O2.C2H4/c1-13(9-11-15(3)20(23)21(24)17(5)25)8-10-14(2)16(4)12-19(22)18(6)26-7;1-2/h12-14,25H,3-6,8,10H2,1-2,7H3;1-2H2/b19-12+,21-20-;. The maximum absolute atomic E-state index is 13.7.